The highest BCUT2D eigenvalue weighted by molar-refractivity contribution is 6.13. The molecule has 1 heterocycles. The van der Waals surface area contributed by atoms with Crippen molar-refractivity contribution in [1.82, 2.24) is 4.57 Å². The third-order valence-corrected chi connectivity index (χ3v) is 11.7. The molecule has 0 saturated heterocycles. The van der Waals surface area contributed by atoms with E-state index in [0.717, 1.165) is 39.4 Å². The van der Waals surface area contributed by atoms with Crippen molar-refractivity contribution in [2.75, 3.05) is 4.90 Å². The number of rotatable bonds is 8. The number of aromatic nitrogens is 1. The normalized spacial score (nSPS) is 11.3. The Morgan fingerprint density at radius 2 is 0.817 bits per heavy atom. The Morgan fingerprint density at radius 3 is 1.55 bits per heavy atom. The van der Waals surface area contributed by atoms with Crippen molar-refractivity contribution in [2.24, 2.45) is 0 Å². The number of hydrogen-bond acceptors (Lipinski definition) is 1. The van der Waals surface area contributed by atoms with Gasteiger partial charge in [0.15, 0.2) is 0 Å². The van der Waals surface area contributed by atoms with Gasteiger partial charge in [-0.15, -0.1) is 0 Å². The van der Waals surface area contributed by atoms with Crippen LogP contribution in [0.5, 0.6) is 0 Å². The van der Waals surface area contributed by atoms with Gasteiger partial charge in [-0.25, -0.2) is 0 Å². The predicted molar refractivity (Wildman–Crippen MR) is 255 cm³/mol. The molecule has 282 valence electrons. The number of para-hydroxylation sites is 1. The Balaban J connectivity index is 1.07. The molecule has 0 saturated carbocycles. The van der Waals surface area contributed by atoms with E-state index in [9.17, 15) is 0 Å². The van der Waals surface area contributed by atoms with E-state index in [0.29, 0.717) is 0 Å². The second-order valence-electron chi connectivity index (χ2n) is 15.4. The molecule has 1 aromatic heterocycles. The van der Waals surface area contributed by atoms with Gasteiger partial charge in [-0.2, -0.15) is 0 Å². The van der Waals surface area contributed by atoms with Crippen LogP contribution >= 0.6 is 0 Å². The minimum Gasteiger partial charge on any atom is -0.310 e. The Morgan fingerprint density at radius 1 is 0.283 bits per heavy atom. The molecule has 0 bridgehead atoms. The molecule has 0 amide bonds. The quantitative estimate of drug-likeness (QED) is 0.150. The lowest BCUT2D eigenvalue weighted by Crippen LogP contribution is -2.11. The first-order valence-corrected chi connectivity index (χ1v) is 20.6. The van der Waals surface area contributed by atoms with Gasteiger partial charge in [0, 0.05) is 33.4 Å². The van der Waals surface area contributed by atoms with E-state index in [4.69, 9.17) is 0 Å². The van der Waals surface area contributed by atoms with Crippen LogP contribution in [0.15, 0.2) is 243 Å². The molecule has 0 unspecified atom stereocenters. The van der Waals surface area contributed by atoms with Crippen molar-refractivity contribution in [3.05, 3.63) is 243 Å². The number of benzene rings is 10. The van der Waals surface area contributed by atoms with Crippen LogP contribution in [0.1, 0.15) is 0 Å². The molecule has 0 aliphatic heterocycles. The van der Waals surface area contributed by atoms with Crippen LogP contribution in [-0.2, 0) is 0 Å². The molecule has 60 heavy (non-hydrogen) atoms. The van der Waals surface area contributed by atoms with Crippen molar-refractivity contribution in [1.29, 1.82) is 0 Å². The van der Waals surface area contributed by atoms with Crippen LogP contribution in [-0.4, -0.2) is 4.57 Å². The Hall–Kier alpha value is -7.94. The molecule has 0 spiro atoms. The molecule has 0 N–H and O–H groups in total. The molecule has 11 rings (SSSR count). The van der Waals surface area contributed by atoms with Crippen LogP contribution < -0.4 is 4.90 Å². The topological polar surface area (TPSA) is 8.17 Å². The van der Waals surface area contributed by atoms with Gasteiger partial charge in [-0.05, 0) is 116 Å². The largest absolute Gasteiger partial charge is 0.310 e. The fourth-order valence-electron chi connectivity index (χ4n) is 8.83. The van der Waals surface area contributed by atoms with Gasteiger partial charge in [-0.3, -0.25) is 0 Å². The summed E-state index contributed by atoms with van der Waals surface area (Å²) in [6.45, 7) is 0. The average molecular weight is 765 g/mol. The number of nitrogens with zero attached hydrogens (tertiary/aromatic N) is 2. The van der Waals surface area contributed by atoms with Crippen LogP contribution in [0.25, 0.3) is 82.8 Å². The summed E-state index contributed by atoms with van der Waals surface area (Å²) in [7, 11) is 0. The van der Waals surface area contributed by atoms with E-state index in [2.05, 4.69) is 252 Å². The highest BCUT2D eigenvalue weighted by Crippen LogP contribution is 2.44. The average Bonchev–Trinajstić information content (AvgIpc) is 3.65. The zero-order valence-corrected chi connectivity index (χ0v) is 33.0. The van der Waals surface area contributed by atoms with E-state index in [1.807, 2.05) is 0 Å². The molecular weight excluding hydrogens is 725 g/mol. The van der Waals surface area contributed by atoms with E-state index in [1.165, 1.54) is 60.4 Å². The first kappa shape index (κ1) is 35.2. The highest BCUT2D eigenvalue weighted by atomic mass is 15.1. The maximum Gasteiger partial charge on any atom is 0.0547 e. The molecule has 0 atom stereocenters. The summed E-state index contributed by atoms with van der Waals surface area (Å²) >= 11 is 0. The Kier molecular flexibility index (Phi) is 8.87. The smallest absolute Gasteiger partial charge is 0.0547 e. The minimum atomic E-state index is 1.08. The monoisotopic (exact) mass is 764 g/mol. The van der Waals surface area contributed by atoms with Crippen molar-refractivity contribution in [3.63, 3.8) is 0 Å². The first-order chi connectivity index (χ1) is 29.7. The maximum atomic E-state index is 2.42. The molecule has 0 aliphatic rings. The molecule has 0 aliphatic carbocycles. The van der Waals surface area contributed by atoms with Gasteiger partial charge in [-0.1, -0.05) is 176 Å². The maximum absolute atomic E-state index is 2.42. The lowest BCUT2D eigenvalue weighted by atomic mass is 9.95. The SMILES string of the molecule is c1ccc(-c2ccc(N(c3cccc(-c4cccc(-n5c6ccccc6c6cc7ccccc7cc65)c4)c3)c3ccc(-c4ccccc4)cc3-c3ccccc3)cc2)cc1. The fraction of sp³-hybridized carbons (Fsp3) is 0. The minimum absolute atomic E-state index is 1.08. The third kappa shape index (κ3) is 6.41. The number of fused-ring (bicyclic) bond motifs is 4. The second kappa shape index (κ2) is 15.1. The van der Waals surface area contributed by atoms with Crippen molar-refractivity contribution >= 4 is 49.6 Å². The third-order valence-electron chi connectivity index (χ3n) is 11.7. The summed E-state index contributed by atoms with van der Waals surface area (Å²) in [5.74, 6) is 0. The predicted octanol–water partition coefficient (Wildman–Crippen LogP) is 16.1. The standard InChI is InChI=1S/C58H40N2/c1-4-16-41(17-5-1)43-30-33-50(34-31-43)59(57-35-32-49(42-18-6-2-7-19-42)38-54(57)44-20-8-3-9-21-44)51-26-14-24-45(36-51)46-25-15-27-52(37-46)60-56-29-13-12-28-53(56)55-39-47-22-10-11-23-48(47)40-58(55)60/h1-40H. The Bertz CT molecular complexity index is 3290. The van der Waals surface area contributed by atoms with Crippen LogP contribution in [0.2, 0.25) is 0 Å². The molecule has 0 radical (unpaired) electrons. The molecule has 2 heteroatoms. The van der Waals surface area contributed by atoms with Crippen molar-refractivity contribution in [2.45, 2.75) is 0 Å². The van der Waals surface area contributed by atoms with Gasteiger partial charge in [0.2, 0.25) is 0 Å². The summed E-state index contributed by atoms with van der Waals surface area (Å²) in [4.78, 5) is 2.41. The summed E-state index contributed by atoms with van der Waals surface area (Å²) in [5, 5.41) is 5.01. The molecule has 2 nitrogen and oxygen atoms in total. The second-order valence-corrected chi connectivity index (χ2v) is 15.4. The summed E-state index contributed by atoms with van der Waals surface area (Å²) < 4.78 is 2.42. The molecule has 10 aromatic carbocycles. The molecule has 11 aromatic rings. The van der Waals surface area contributed by atoms with Crippen LogP contribution in [0.3, 0.4) is 0 Å². The molecule has 0 fully saturated rings. The van der Waals surface area contributed by atoms with Crippen molar-refractivity contribution < 1.29 is 0 Å². The van der Waals surface area contributed by atoms with Gasteiger partial charge < -0.3 is 9.47 Å². The Labute approximate surface area is 350 Å². The van der Waals surface area contributed by atoms with Gasteiger partial charge in [0.25, 0.3) is 0 Å². The molecular formula is C58H40N2. The zero-order valence-electron chi connectivity index (χ0n) is 33.0. The van der Waals surface area contributed by atoms with E-state index >= 15 is 0 Å². The van der Waals surface area contributed by atoms with Crippen LogP contribution in [0, 0.1) is 0 Å². The van der Waals surface area contributed by atoms with Gasteiger partial charge in [0.1, 0.15) is 0 Å². The summed E-state index contributed by atoms with van der Waals surface area (Å²) in [6, 6.07) is 87.9. The van der Waals surface area contributed by atoms with E-state index < -0.39 is 0 Å². The number of hydrogen-bond donors (Lipinski definition) is 0. The van der Waals surface area contributed by atoms with Gasteiger partial charge in [0.05, 0.1) is 16.7 Å². The first-order valence-electron chi connectivity index (χ1n) is 20.6. The van der Waals surface area contributed by atoms with Crippen molar-refractivity contribution in [3.8, 4) is 50.2 Å². The zero-order chi connectivity index (χ0) is 39.8. The van der Waals surface area contributed by atoms with Gasteiger partial charge >= 0.3 is 0 Å². The van der Waals surface area contributed by atoms with E-state index in [1.54, 1.807) is 0 Å². The van der Waals surface area contributed by atoms with Crippen LogP contribution in [0.4, 0.5) is 17.1 Å². The fourth-order valence-corrected chi connectivity index (χ4v) is 8.83. The number of anilines is 3. The summed E-state index contributed by atoms with van der Waals surface area (Å²) in [6.07, 6.45) is 0. The lowest BCUT2D eigenvalue weighted by molar-refractivity contribution is 1.18. The summed E-state index contributed by atoms with van der Waals surface area (Å²) in [5.41, 5.74) is 16.2. The van der Waals surface area contributed by atoms with E-state index in [-0.39, 0.29) is 0 Å². The lowest BCUT2D eigenvalue weighted by Gasteiger charge is -2.29. The highest BCUT2D eigenvalue weighted by Gasteiger charge is 2.20.